The van der Waals surface area contributed by atoms with E-state index in [1.807, 2.05) is 27.7 Å². The predicted molar refractivity (Wildman–Crippen MR) is 69.9 cm³/mol. The van der Waals surface area contributed by atoms with E-state index >= 15 is 0 Å². The molecule has 0 aromatic rings. The molecule has 1 unspecified atom stereocenters. The summed E-state index contributed by atoms with van der Waals surface area (Å²) in [5.41, 5.74) is 0. The summed E-state index contributed by atoms with van der Waals surface area (Å²) in [5, 5.41) is 0. The molecule has 0 amide bonds. The zero-order chi connectivity index (χ0) is 13.1. The number of unbranched alkanes of at least 4 members (excludes halogenated alkanes) is 1. The van der Waals surface area contributed by atoms with Gasteiger partial charge >= 0.3 is 8.80 Å². The second-order valence-corrected chi connectivity index (χ2v) is 6.90. The van der Waals surface area contributed by atoms with Crippen LogP contribution in [0.1, 0.15) is 47.0 Å². The van der Waals surface area contributed by atoms with Crippen molar-refractivity contribution in [2.24, 2.45) is 0 Å². The molecule has 0 saturated heterocycles. The molecule has 0 N–H and O–H groups in total. The van der Waals surface area contributed by atoms with Crippen LogP contribution < -0.4 is 0 Å². The van der Waals surface area contributed by atoms with Gasteiger partial charge in [0.2, 0.25) is 0 Å². The van der Waals surface area contributed by atoms with Crippen LogP contribution in [-0.2, 0) is 13.3 Å². The molecular weight excluding hydrogens is 239 g/mol. The molecule has 104 valence electrons. The summed E-state index contributed by atoms with van der Waals surface area (Å²) in [4.78, 5) is 0. The van der Waals surface area contributed by atoms with Crippen molar-refractivity contribution in [2.45, 2.75) is 59.1 Å². The van der Waals surface area contributed by atoms with Crippen molar-refractivity contribution < 1.29 is 17.7 Å². The van der Waals surface area contributed by atoms with Gasteiger partial charge in [-0.05, 0) is 40.0 Å². The van der Waals surface area contributed by atoms with E-state index < -0.39 is 8.80 Å². The Bertz CT molecular complexity index is 175. The van der Waals surface area contributed by atoms with Crippen LogP contribution in [0.4, 0.5) is 4.39 Å². The van der Waals surface area contributed by atoms with Crippen LogP contribution in [0.25, 0.3) is 0 Å². The Hall–Kier alpha value is 0.0269. The van der Waals surface area contributed by atoms with Gasteiger partial charge < -0.3 is 13.3 Å². The Morgan fingerprint density at radius 1 is 1.06 bits per heavy atom. The van der Waals surface area contributed by atoms with Crippen molar-refractivity contribution in [3.63, 3.8) is 0 Å². The molecule has 0 aliphatic carbocycles. The number of halogens is 1. The van der Waals surface area contributed by atoms with Gasteiger partial charge in [0.05, 0.1) is 6.67 Å². The largest absolute Gasteiger partial charge is 0.500 e. The number of hydrogen-bond donors (Lipinski definition) is 0. The summed E-state index contributed by atoms with van der Waals surface area (Å²) >= 11 is 0. The highest BCUT2D eigenvalue weighted by Gasteiger charge is 2.39. The third kappa shape index (κ3) is 7.13. The van der Waals surface area contributed by atoms with Gasteiger partial charge in [0.1, 0.15) is 0 Å². The second kappa shape index (κ2) is 10.00. The molecule has 0 aromatic heterocycles. The second-order valence-electron chi connectivity index (χ2n) is 4.02. The Morgan fingerprint density at radius 2 is 1.65 bits per heavy atom. The lowest BCUT2D eigenvalue weighted by molar-refractivity contribution is 0.0357. The molecule has 0 fully saturated rings. The summed E-state index contributed by atoms with van der Waals surface area (Å²) in [6.07, 6.45) is 2.40. The van der Waals surface area contributed by atoms with Gasteiger partial charge in [0.15, 0.2) is 0 Å². The molecule has 0 bridgehead atoms. The number of alkyl halides is 1. The van der Waals surface area contributed by atoms with Crippen molar-refractivity contribution in [2.75, 3.05) is 19.9 Å². The molecule has 1 atom stereocenters. The first kappa shape index (κ1) is 17.0. The SMILES string of the molecule is CCO[Si](CC)(OCC)OC(C)CCCCF. The van der Waals surface area contributed by atoms with Gasteiger partial charge in [0.25, 0.3) is 0 Å². The zero-order valence-corrected chi connectivity index (χ0v) is 12.6. The van der Waals surface area contributed by atoms with Gasteiger partial charge in [0, 0.05) is 25.4 Å². The summed E-state index contributed by atoms with van der Waals surface area (Å²) in [5.74, 6) is 0. The lowest BCUT2D eigenvalue weighted by atomic mass is 10.2. The molecular formula is C12H27FO3Si. The van der Waals surface area contributed by atoms with Gasteiger partial charge in [-0.15, -0.1) is 0 Å². The summed E-state index contributed by atoms with van der Waals surface area (Å²) in [7, 11) is -2.49. The average molecular weight is 266 g/mol. The van der Waals surface area contributed by atoms with E-state index in [1.54, 1.807) is 0 Å². The normalized spacial score (nSPS) is 13.9. The molecule has 17 heavy (non-hydrogen) atoms. The third-order valence-corrected chi connectivity index (χ3v) is 5.62. The third-order valence-electron chi connectivity index (χ3n) is 2.54. The maximum atomic E-state index is 12.0. The maximum absolute atomic E-state index is 12.0. The summed E-state index contributed by atoms with van der Waals surface area (Å²) < 4.78 is 29.4. The minimum Gasteiger partial charge on any atom is -0.374 e. The van der Waals surface area contributed by atoms with E-state index in [4.69, 9.17) is 13.3 Å². The Balaban J connectivity index is 4.19. The van der Waals surface area contributed by atoms with Crippen LogP contribution in [0.2, 0.25) is 6.04 Å². The first-order valence-electron chi connectivity index (χ1n) is 6.65. The summed E-state index contributed by atoms with van der Waals surface area (Å²) in [6, 6.07) is 0.780. The topological polar surface area (TPSA) is 27.7 Å². The number of rotatable bonds is 11. The van der Waals surface area contributed by atoms with Crippen LogP contribution in [0.15, 0.2) is 0 Å². The highest BCUT2D eigenvalue weighted by molar-refractivity contribution is 6.60. The van der Waals surface area contributed by atoms with Crippen LogP contribution >= 0.6 is 0 Å². The van der Waals surface area contributed by atoms with Crippen molar-refractivity contribution in [3.05, 3.63) is 0 Å². The molecule has 0 aliphatic heterocycles. The van der Waals surface area contributed by atoms with E-state index in [1.165, 1.54) is 0 Å². The first-order chi connectivity index (χ1) is 8.14. The van der Waals surface area contributed by atoms with E-state index in [2.05, 4.69) is 0 Å². The Kier molecular flexibility index (Phi) is 10.0. The van der Waals surface area contributed by atoms with Gasteiger partial charge in [-0.2, -0.15) is 0 Å². The van der Waals surface area contributed by atoms with E-state index in [0.29, 0.717) is 19.6 Å². The molecule has 0 aliphatic rings. The molecule has 0 rings (SSSR count). The van der Waals surface area contributed by atoms with Crippen LogP contribution in [0.5, 0.6) is 0 Å². The standard InChI is InChI=1S/C12H27FO3Si/c1-5-14-17(7-3,15-6-2)16-12(4)10-8-9-11-13/h12H,5-11H2,1-4H3. The first-order valence-corrected chi connectivity index (χ1v) is 8.59. The monoisotopic (exact) mass is 266 g/mol. The Labute approximate surface area is 106 Å². The molecule has 0 aromatic carbocycles. The predicted octanol–water partition coefficient (Wildman–Crippen LogP) is 3.56. The Morgan fingerprint density at radius 3 is 2.06 bits per heavy atom. The lowest BCUT2D eigenvalue weighted by Crippen LogP contribution is -2.47. The van der Waals surface area contributed by atoms with E-state index in [9.17, 15) is 4.39 Å². The number of hydrogen-bond acceptors (Lipinski definition) is 3. The van der Waals surface area contributed by atoms with Crippen LogP contribution in [-0.4, -0.2) is 34.8 Å². The van der Waals surface area contributed by atoms with Crippen molar-refractivity contribution in [1.29, 1.82) is 0 Å². The molecule has 0 spiro atoms. The van der Waals surface area contributed by atoms with Gasteiger partial charge in [-0.3, -0.25) is 4.39 Å². The molecule has 5 heteroatoms. The zero-order valence-electron chi connectivity index (χ0n) is 11.6. The average Bonchev–Trinajstić information content (AvgIpc) is 2.30. The fraction of sp³-hybridized carbons (Fsp3) is 1.00. The van der Waals surface area contributed by atoms with Crippen LogP contribution in [0, 0.1) is 0 Å². The van der Waals surface area contributed by atoms with Gasteiger partial charge in [-0.25, -0.2) is 0 Å². The molecule has 0 saturated carbocycles. The quantitative estimate of drug-likeness (QED) is 0.423. The smallest absolute Gasteiger partial charge is 0.374 e. The lowest BCUT2D eigenvalue weighted by Gasteiger charge is -2.30. The molecule has 0 heterocycles. The van der Waals surface area contributed by atoms with Crippen molar-refractivity contribution in [3.8, 4) is 0 Å². The van der Waals surface area contributed by atoms with Gasteiger partial charge in [-0.1, -0.05) is 6.92 Å². The minimum atomic E-state index is -2.49. The maximum Gasteiger partial charge on any atom is 0.500 e. The van der Waals surface area contributed by atoms with Crippen molar-refractivity contribution in [1.82, 2.24) is 0 Å². The minimum absolute atomic E-state index is 0.0752. The summed E-state index contributed by atoms with van der Waals surface area (Å²) in [6.45, 7) is 8.91. The fourth-order valence-corrected chi connectivity index (χ4v) is 4.13. The van der Waals surface area contributed by atoms with E-state index in [-0.39, 0.29) is 12.8 Å². The fourth-order valence-electron chi connectivity index (χ4n) is 1.73. The highest BCUT2D eigenvalue weighted by Crippen LogP contribution is 2.19. The van der Waals surface area contributed by atoms with Crippen molar-refractivity contribution >= 4 is 8.80 Å². The molecule has 3 nitrogen and oxygen atoms in total. The highest BCUT2D eigenvalue weighted by atomic mass is 28.4. The molecule has 0 radical (unpaired) electrons. The van der Waals surface area contributed by atoms with E-state index in [0.717, 1.165) is 18.9 Å². The van der Waals surface area contributed by atoms with Crippen LogP contribution in [0.3, 0.4) is 0 Å².